The summed E-state index contributed by atoms with van der Waals surface area (Å²) in [5, 5.41) is 0. The van der Waals surface area contributed by atoms with Crippen molar-refractivity contribution in [2.24, 2.45) is 0 Å². The van der Waals surface area contributed by atoms with Gasteiger partial charge in [-0.1, -0.05) is 39.8 Å². The first-order chi connectivity index (χ1) is 11.8. The Morgan fingerprint density at radius 2 is 1.64 bits per heavy atom. The van der Waals surface area contributed by atoms with Gasteiger partial charge < -0.3 is 9.47 Å². The molecule has 0 amide bonds. The lowest BCUT2D eigenvalue weighted by atomic mass is 9.63. The average Bonchev–Trinajstić information content (AvgIpc) is 2.60. The first kappa shape index (κ1) is 17.9. The molecule has 2 aromatic rings. The van der Waals surface area contributed by atoms with Gasteiger partial charge in [0.2, 0.25) is 0 Å². The zero-order chi connectivity index (χ0) is 18.1. The normalized spacial score (nSPS) is 17.8. The van der Waals surface area contributed by atoms with Crippen molar-refractivity contribution in [3.8, 4) is 17.0 Å². The molecule has 3 nitrogen and oxygen atoms in total. The molecular formula is C22H29NO2. The van der Waals surface area contributed by atoms with Crippen LogP contribution in [-0.4, -0.2) is 25.3 Å². The third kappa shape index (κ3) is 3.72. The minimum absolute atomic E-state index is 0.212. The Kier molecular flexibility index (Phi) is 4.88. The largest absolute Gasteiger partial charge is 0.490 e. The summed E-state index contributed by atoms with van der Waals surface area (Å²) in [6, 6.07) is 10.9. The lowest BCUT2D eigenvalue weighted by Gasteiger charge is -2.42. The fourth-order valence-corrected chi connectivity index (χ4v) is 3.63. The van der Waals surface area contributed by atoms with Gasteiger partial charge in [-0.05, 0) is 53.0 Å². The Balaban J connectivity index is 1.89. The van der Waals surface area contributed by atoms with E-state index in [1.165, 1.54) is 29.5 Å². The van der Waals surface area contributed by atoms with Gasteiger partial charge in [-0.15, -0.1) is 0 Å². The second-order valence-electron chi connectivity index (χ2n) is 8.25. The zero-order valence-electron chi connectivity index (χ0n) is 16.1. The van der Waals surface area contributed by atoms with Crippen LogP contribution in [0.3, 0.4) is 0 Å². The molecule has 0 bridgehead atoms. The molecule has 1 heterocycles. The summed E-state index contributed by atoms with van der Waals surface area (Å²) < 4.78 is 10.6. The Bertz CT molecular complexity index is 732. The number of fused-ring (bicyclic) bond motifs is 1. The average molecular weight is 339 g/mol. The van der Waals surface area contributed by atoms with E-state index in [9.17, 15) is 0 Å². The van der Waals surface area contributed by atoms with E-state index in [2.05, 4.69) is 50.9 Å². The number of methoxy groups -OCH3 is 1. The second-order valence-corrected chi connectivity index (χ2v) is 8.25. The van der Waals surface area contributed by atoms with Crippen LogP contribution in [0.1, 0.15) is 51.7 Å². The summed E-state index contributed by atoms with van der Waals surface area (Å²) in [7, 11) is 1.67. The van der Waals surface area contributed by atoms with Crippen molar-refractivity contribution < 1.29 is 9.47 Å². The molecule has 0 fully saturated rings. The fourth-order valence-electron chi connectivity index (χ4n) is 3.63. The van der Waals surface area contributed by atoms with Crippen molar-refractivity contribution in [1.82, 2.24) is 4.98 Å². The van der Waals surface area contributed by atoms with Crippen LogP contribution in [0, 0.1) is 0 Å². The summed E-state index contributed by atoms with van der Waals surface area (Å²) in [4.78, 5) is 4.59. The van der Waals surface area contributed by atoms with Gasteiger partial charge in [0, 0.05) is 12.7 Å². The zero-order valence-corrected chi connectivity index (χ0v) is 16.1. The summed E-state index contributed by atoms with van der Waals surface area (Å²) in [5.41, 5.74) is 5.56. The first-order valence-corrected chi connectivity index (χ1v) is 9.07. The fraction of sp³-hybridized carbons (Fsp3) is 0.500. The van der Waals surface area contributed by atoms with Crippen molar-refractivity contribution in [3.05, 3.63) is 47.7 Å². The third-order valence-electron chi connectivity index (χ3n) is 5.44. The molecule has 0 atom stereocenters. The highest BCUT2D eigenvalue weighted by atomic mass is 16.5. The van der Waals surface area contributed by atoms with E-state index in [0.29, 0.717) is 13.2 Å². The number of aromatic nitrogens is 1. The highest BCUT2D eigenvalue weighted by molar-refractivity contribution is 5.63. The Morgan fingerprint density at radius 1 is 0.920 bits per heavy atom. The number of rotatable bonds is 5. The molecule has 0 radical (unpaired) electrons. The summed E-state index contributed by atoms with van der Waals surface area (Å²) >= 11 is 0. The molecule has 0 saturated carbocycles. The monoisotopic (exact) mass is 339 g/mol. The number of pyridine rings is 1. The lowest BCUT2D eigenvalue weighted by molar-refractivity contribution is 0.146. The number of hydrogen-bond donors (Lipinski definition) is 0. The molecule has 25 heavy (non-hydrogen) atoms. The maximum atomic E-state index is 5.60. The lowest BCUT2D eigenvalue weighted by Crippen LogP contribution is -2.33. The van der Waals surface area contributed by atoms with Crippen molar-refractivity contribution in [3.63, 3.8) is 0 Å². The number of benzene rings is 1. The summed E-state index contributed by atoms with van der Waals surface area (Å²) in [6.07, 6.45) is 4.24. The molecule has 3 heteroatoms. The van der Waals surface area contributed by atoms with Gasteiger partial charge in [0.15, 0.2) is 0 Å². The van der Waals surface area contributed by atoms with Gasteiger partial charge in [0.1, 0.15) is 12.4 Å². The van der Waals surface area contributed by atoms with Crippen LogP contribution >= 0.6 is 0 Å². The third-order valence-corrected chi connectivity index (χ3v) is 5.44. The van der Waals surface area contributed by atoms with Crippen molar-refractivity contribution in [1.29, 1.82) is 0 Å². The van der Waals surface area contributed by atoms with E-state index in [4.69, 9.17) is 9.47 Å². The molecule has 3 rings (SSSR count). The molecule has 1 aromatic heterocycles. The minimum atomic E-state index is 0.212. The van der Waals surface area contributed by atoms with Gasteiger partial charge in [0.25, 0.3) is 0 Å². The Morgan fingerprint density at radius 3 is 2.28 bits per heavy atom. The van der Waals surface area contributed by atoms with Gasteiger partial charge in [-0.25, -0.2) is 0 Å². The van der Waals surface area contributed by atoms with Crippen LogP contribution in [0.15, 0.2) is 36.5 Å². The predicted octanol–water partition coefficient (Wildman–Crippen LogP) is 5.12. The molecule has 1 aliphatic carbocycles. The van der Waals surface area contributed by atoms with Crippen LogP contribution in [0.25, 0.3) is 11.3 Å². The number of nitrogens with zero attached hydrogens (tertiary/aromatic N) is 1. The van der Waals surface area contributed by atoms with E-state index in [0.717, 1.165) is 11.4 Å². The van der Waals surface area contributed by atoms with Gasteiger partial charge >= 0.3 is 0 Å². The van der Waals surface area contributed by atoms with E-state index in [1.807, 2.05) is 12.1 Å². The SMILES string of the molecule is COCCOc1ccc(-c2ccc3c(c2)C(C)(C)CCC3(C)C)nc1. The van der Waals surface area contributed by atoms with Crippen LogP contribution in [-0.2, 0) is 15.6 Å². The van der Waals surface area contributed by atoms with Gasteiger partial charge in [0.05, 0.1) is 18.5 Å². The van der Waals surface area contributed by atoms with Gasteiger partial charge in [-0.3, -0.25) is 4.98 Å². The van der Waals surface area contributed by atoms with E-state index in [1.54, 1.807) is 13.3 Å². The quantitative estimate of drug-likeness (QED) is 0.708. The van der Waals surface area contributed by atoms with Crippen molar-refractivity contribution in [2.45, 2.75) is 51.4 Å². The van der Waals surface area contributed by atoms with Crippen molar-refractivity contribution in [2.75, 3.05) is 20.3 Å². The van der Waals surface area contributed by atoms with Gasteiger partial charge in [-0.2, -0.15) is 0 Å². The highest BCUT2D eigenvalue weighted by Gasteiger charge is 2.36. The molecule has 0 N–H and O–H groups in total. The summed E-state index contributed by atoms with van der Waals surface area (Å²) in [6.45, 7) is 10.5. The number of hydrogen-bond acceptors (Lipinski definition) is 3. The van der Waals surface area contributed by atoms with E-state index < -0.39 is 0 Å². The van der Waals surface area contributed by atoms with E-state index >= 15 is 0 Å². The van der Waals surface area contributed by atoms with Crippen LogP contribution in [0.2, 0.25) is 0 Å². The van der Waals surface area contributed by atoms with E-state index in [-0.39, 0.29) is 10.8 Å². The first-order valence-electron chi connectivity index (χ1n) is 9.07. The Labute approximate surface area is 151 Å². The molecule has 1 aliphatic rings. The molecule has 1 aromatic carbocycles. The molecule has 0 aliphatic heterocycles. The number of ether oxygens (including phenoxy) is 2. The van der Waals surface area contributed by atoms with Crippen molar-refractivity contribution >= 4 is 0 Å². The maximum absolute atomic E-state index is 5.60. The smallest absolute Gasteiger partial charge is 0.137 e. The van der Waals surface area contributed by atoms with Crippen LogP contribution < -0.4 is 4.74 Å². The van der Waals surface area contributed by atoms with Crippen LogP contribution in [0.5, 0.6) is 5.75 Å². The molecule has 134 valence electrons. The molecule has 0 unspecified atom stereocenters. The maximum Gasteiger partial charge on any atom is 0.137 e. The topological polar surface area (TPSA) is 31.4 Å². The summed E-state index contributed by atoms with van der Waals surface area (Å²) in [5.74, 6) is 0.778. The highest BCUT2D eigenvalue weighted by Crippen LogP contribution is 2.46. The standard InChI is InChI=1S/C22H29NO2/c1-21(2)10-11-22(3,4)19-14-16(6-8-18(19)21)20-9-7-17(15-23-20)25-13-12-24-5/h6-9,14-15H,10-13H2,1-5H3. The molecule has 0 spiro atoms. The minimum Gasteiger partial charge on any atom is -0.490 e. The predicted molar refractivity (Wildman–Crippen MR) is 102 cm³/mol. The molecular weight excluding hydrogens is 310 g/mol. The Hall–Kier alpha value is -1.87. The van der Waals surface area contributed by atoms with Crippen LogP contribution in [0.4, 0.5) is 0 Å². The second kappa shape index (κ2) is 6.80. The molecule has 0 saturated heterocycles.